The molecule has 0 spiro atoms. The molecular formula is C14H23CrN7O12+3. The predicted molar refractivity (Wildman–Crippen MR) is 113 cm³/mol. The molecular weight excluding hydrogens is 510 g/mol. The smallest absolute Gasteiger partial charge is 0.859 e. The number of nitrogens with one attached hydrogen (secondary N) is 2. The first-order valence-corrected chi connectivity index (χ1v) is 7.43. The monoisotopic (exact) mass is 533 g/mol. The van der Waals surface area contributed by atoms with Crippen LogP contribution in [0.4, 0.5) is 0 Å². The Kier molecular flexibility index (Phi) is 22.8. The zero-order valence-corrected chi connectivity index (χ0v) is 18.8. The van der Waals surface area contributed by atoms with Crippen molar-refractivity contribution < 1.29 is 53.9 Å². The molecule has 0 aliphatic rings. The zero-order valence-electron chi connectivity index (χ0n) is 17.5. The molecule has 20 heteroatoms. The molecule has 1 aromatic carbocycles. The van der Waals surface area contributed by atoms with Crippen LogP contribution >= 0.6 is 0 Å². The summed E-state index contributed by atoms with van der Waals surface area (Å²) in [4.78, 5) is 39.9. The van der Waals surface area contributed by atoms with E-state index in [0.29, 0.717) is 5.56 Å². The molecule has 11 N–H and O–H groups in total. The fourth-order valence-corrected chi connectivity index (χ4v) is 1.80. The van der Waals surface area contributed by atoms with Gasteiger partial charge in [0.1, 0.15) is 5.49 Å². The van der Waals surface area contributed by atoms with E-state index in [2.05, 4.69) is 10.5 Å². The molecule has 189 valence electrons. The number of hydrogen-bond donors (Lipinski definition) is 2. The van der Waals surface area contributed by atoms with Crippen molar-refractivity contribution in [1.29, 1.82) is 5.41 Å². The van der Waals surface area contributed by atoms with Crippen molar-refractivity contribution in [3.05, 3.63) is 88.1 Å². The fourth-order valence-electron chi connectivity index (χ4n) is 1.80. The van der Waals surface area contributed by atoms with Gasteiger partial charge in [0.25, 0.3) is 5.91 Å². The Bertz CT molecular complexity index is 1040. The van der Waals surface area contributed by atoms with E-state index in [-0.39, 0.29) is 44.8 Å². The van der Waals surface area contributed by atoms with Crippen molar-refractivity contribution in [3.63, 3.8) is 0 Å². The topological polar surface area (TPSA) is 347 Å². The molecule has 0 saturated carbocycles. The molecule has 1 aromatic heterocycles. The van der Waals surface area contributed by atoms with E-state index in [9.17, 15) is 14.7 Å². The van der Waals surface area contributed by atoms with Crippen molar-refractivity contribution in [3.8, 4) is 5.88 Å². The summed E-state index contributed by atoms with van der Waals surface area (Å²) >= 11 is 0. The third-order valence-electron chi connectivity index (χ3n) is 3.10. The summed E-state index contributed by atoms with van der Waals surface area (Å²) in [6.07, 6.45) is 1.06. The van der Waals surface area contributed by atoms with Gasteiger partial charge < -0.3 is 56.7 Å². The summed E-state index contributed by atoms with van der Waals surface area (Å²) in [5.41, 5.74) is 1.73. The van der Waals surface area contributed by atoms with E-state index < -0.39 is 27.7 Å². The molecule has 0 unspecified atom stereocenters. The van der Waals surface area contributed by atoms with Crippen LogP contribution in [0.5, 0.6) is 5.88 Å². The van der Waals surface area contributed by atoms with Crippen molar-refractivity contribution in [2.75, 3.05) is 0 Å². The predicted octanol–water partition coefficient (Wildman–Crippen LogP) is -4.21. The summed E-state index contributed by atoms with van der Waals surface area (Å²) < 4.78 is 1.89. The molecule has 0 aliphatic heterocycles. The van der Waals surface area contributed by atoms with Gasteiger partial charge in [-0.1, -0.05) is 18.2 Å². The van der Waals surface area contributed by atoms with Crippen LogP contribution in [0.15, 0.2) is 40.2 Å². The molecule has 1 amide bonds. The number of aromatic nitrogens is 2. The molecule has 1 heterocycles. The van der Waals surface area contributed by atoms with Crippen LogP contribution in [-0.2, 0) is 47.9 Å². The van der Waals surface area contributed by atoms with E-state index in [0.717, 1.165) is 15.3 Å². The van der Waals surface area contributed by atoms with E-state index in [4.69, 9.17) is 36.1 Å². The van der Waals surface area contributed by atoms with Crippen LogP contribution in [-0.4, -0.2) is 31.4 Å². The van der Waals surface area contributed by atoms with Gasteiger partial charge in [-0.3, -0.25) is 14.8 Å². The molecule has 34 heavy (non-hydrogen) atoms. The molecule has 0 bridgehead atoms. The first kappa shape index (κ1) is 40.1. The van der Waals surface area contributed by atoms with Gasteiger partial charge in [0.15, 0.2) is 0 Å². The number of carbonyl (C=O) groups excluding carboxylic acids is 1. The maximum Gasteiger partial charge on any atom is 3.00 e. The third kappa shape index (κ3) is 13.9. The first-order chi connectivity index (χ1) is 13.9. The van der Waals surface area contributed by atoms with Gasteiger partial charge in [0.05, 0.1) is 16.4 Å². The van der Waals surface area contributed by atoms with Crippen LogP contribution in [0.25, 0.3) is 0 Å². The maximum absolute atomic E-state index is 11.9. The second-order valence-electron chi connectivity index (χ2n) is 4.98. The van der Waals surface area contributed by atoms with Crippen LogP contribution in [0.1, 0.15) is 15.9 Å². The molecule has 0 atom stereocenters. The largest absolute Gasteiger partial charge is 3.00 e. The molecule has 0 aliphatic carbocycles. The molecule has 0 fully saturated rings. The number of amides is 1. The van der Waals surface area contributed by atoms with Gasteiger partial charge in [-0.2, -0.15) is 5.10 Å². The summed E-state index contributed by atoms with van der Waals surface area (Å²) in [6.45, 7) is 0. The summed E-state index contributed by atoms with van der Waals surface area (Å²) in [5, 5.41) is 52.9. The number of benzene rings is 1. The Morgan fingerprint density at radius 3 is 1.82 bits per heavy atom. The summed E-state index contributed by atoms with van der Waals surface area (Å²) in [5.74, 6) is -1.09. The molecule has 1 radical (unpaired) electrons. The molecule has 0 saturated heterocycles. The normalized spacial score (nSPS) is 8.41. The van der Waals surface area contributed by atoms with Crippen LogP contribution in [0.2, 0.25) is 0 Å². The summed E-state index contributed by atoms with van der Waals surface area (Å²) in [6, 6.07) is 8.44. The SMILES string of the molecule is Cn1c([O-])c(/C=N/NC(=O)c2ccccc2)c(=N)n(C)c1=O.O=[N+]([O-])[O-].O=[N+]([O-])[O-].[Cr+3].[OH3+].[OH3+].[OH3+]. The minimum Gasteiger partial charge on any atom is -0.859 e. The number of carbonyl (C=O) groups is 1. The third-order valence-corrected chi connectivity index (χ3v) is 3.10. The van der Waals surface area contributed by atoms with Gasteiger partial charge in [0.2, 0.25) is 0 Å². The fraction of sp³-hybridized carbons (Fsp3) is 0.143. The van der Waals surface area contributed by atoms with Gasteiger partial charge >= 0.3 is 23.1 Å². The van der Waals surface area contributed by atoms with Crippen molar-refractivity contribution >= 4 is 12.1 Å². The molecule has 2 aromatic rings. The minimum atomic E-state index is -1.75. The average Bonchev–Trinajstić information content (AvgIpc) is 2.67. The zero-order chi connectivity index (χ0) is 23.4. The Morgan fingerprint density at radius 2 is 1.41 bits per heavy atom. The maximum atomic E-state index is 11.9. The van der Waals surface area contributed by atoms with Gasteiger partial charge in [0, 0.05) is 25.2 Å². The van der Waals surface area contributed by atoms with Crippen molar-refractivity contribution in [1.82, 2.24) is 14.6 Å². The first-order valence-electron chi connectivity index (χ1n) is 7.43. The number of hydrogen-bond acceptors (Lipinski definition) is 11. The number of nitrogens with zero attached hydrogens (tertiary/aromatic N) is 5. The number of hydrazone groups is 1. The van der Waals surface area contributed by atoms with E-state index >= 15 is 0 Å². The van der Waals surface area contributed by atoms with Crippen LogP contribution in [0.3, 0.4) is 0 Å². The van der Waals surface area contributed by atoms with E-state index in [1.165, 1.54) is 14.1 Å². The number of rotatable bonds is 3. The summed E-state index contributed by atoms with van der Waals surface area (Å²) in [7, 11) is 2.69. The quantitative estimate of drug-likeness (QED) is 0.167. The van der Waals surface area contributed by atoms with Gasteiger partial charge in [-0.15, -0.1) is 0 Å². The Balaban J connectivity index is -0.000000205. The van der Waals surface area contributed by atoms with Crippen LogP contribution in [0, 0.1) is 36.1 Å². The molecule has 19 nitrogen and oxygen atoms in total. The average molecular weight is 533 g/mol. The van der Waals surface area contributed by atoms with Crippen LogP contribution < -0.4 is 21.7 Å². The second-order valence-corrected chi connectivity index (χ2v) is 4.98. The van der Waals surface area contributed by atoms with Gasteiger partial charge in [-0.25, -0.2) is 10.2 Å². The second kappa shape index (κ2) is 19.3. The Labute approximate surface area is 199 Å². The Hall–Kier alpha value is -4.35. The van der Waals surface area contributed by atoms with Gasteiger partial charge in [-0.05, 0) is 18.0 Å². The van der Waals surface area contributed by atoms with E-state index in [1.54, 1.807) is 30.3 Å². The minimum absolute atomic E-state index is 0. The molecule has 2 rings (SSSR count). The van der Waals surface area contributed by atoms with Crippen molar-refractivity contribution in [2.24, 2.45) is 19.2 Å². The van der Waals surface area contributed by atoms with Crippen molar-refractivity contribution in [2.45, 2.75) is 0 Å². The Morgan fingerprint density at radius 1 is 1.00 bits per heavy atom. The van der Waals surface area contributed by atoms with E-state index in [1.807, 2.05) is 0 Å². The standard InChI is InChI=1S/C14H15N5O3.Cr.2NO3.3H2O/c1-18-11(15)10(13(21)19(2)14(18)22)8-16-17-12(20)9-6-4-3-5-7-9;;2*2-1(3)4;;;/h3-8,15,21H,1-2H3,(H,17,20);;;;3*1H2/q;+3;2*-1;;;/p+2/b15-11?,16-8+;;;;;;.